The number of carbonyl (C=O) groups excluding carboxylic acids is 1. The lowest BCUT2D eigenvalue weighted by Gasteiger charge is -2.43. The van der Waals surface area contributed by atoms with Gasteiger partial charge in [-0.1, -0.05) is 6.07 Å². The molecule has 1 saturated heterocycles. The van der Waals surface area contributed by atoms with Crippen molar-refractivity contribution in [3.63, 3.8) is 0 Å². The Morgan fingerprint density at radius 3 is 2.94 bits per heavy atom. The Bertz CT molecular complexity index is 1180. The molecular formula is C25H30FN5O2S. The summed E-state index contributed by atoms with van der Waals surface area (Å²) in [6.45, 7) is 7.75. The third-order valence-corrected chi connectivity index (χ3v) is 7.93. The van der Waals surface area contributed by atoms with Gasteiger partial charge in [-0.3, -0.25) is 9.69 Å². The summed E-state index contributed by atoms with van der Waals surface area (Å²) in [5.74, 6) is 0.874. The number of nitrogens with one attached hydrogen (secondary N) is 1. The van der Waals surface area contributed by atoms with Crippen molar-refractivity contribution in [2.45, 2.75) is 51.8 Å². The summed E-state index contributed by atoms with van der Waals surface area (Å²) in [7, 11) is 0. The number of carbonyl (C=O) groups is 1. The summed E-state index contributed by atoms with van der Waals surface area (Å²) < 4.78 is 22.0. The van der Waals surface area contributed by atoms with E-state index in [9.17, 15) is 9.18 Å². The predicted molar refractivity (Wildman–Crippen MR) is 129 cm³/mol. The number of aryl methyl sites for hydroxylation is 1. The number of halogens is 1. The summed E-state index contributed by atoms with van der Waals surface area (Å²) in [6.07, 6.45) is 6.37. The first-order valence-electron chi connectivity index (χ1n) is 11.8. The highest BCUT2D eigenvalue weighted by Gasteiger charge is 2.42. The molecule has 2 aliphatic rings. The number of hydrogen-bond acceptors (Lipinski definition) is 7. The largest absolute Gasteiger partial charge is 0.369 e. The minimum absolute atomic E-state index is 0.102. The van der Waals surface area contributed by atoms with Gasteiger partial charge in [0.25, 0.3) is 0 Å². The van der Waals surface area contributed by atoms with Crippen molar-refractivity contribution in [1.29, 1.82) is 0 Å². The van der Waals surface area contributed by atoms with E-state index in [1.165, 1.54) is 11.3 Å². The van der Waals surface area contributed by atoms with Crippen LogP contribution in [0.15, 0.2) is 30.6 Å². The molecule has 1 spiro atoms. The van der Waals surface area contributed by atoms with Crippen LogP contribution in [0.5, 0.6) is 0 Å². The molecule has 0 bridgehead atoms. The number of pyridine rings is 1. The molecule has 0 saturated carbocycles. The Labute approximate surface area is 202 Å². The average molecular weight is 484 g/mol. The van der Waals surface area contributed by atoms with Crippen LogP contribution in [-0.2, 0) is 34.6 Å². The second-order valence-corrected chi connectivity index (χ2v) is 10.3. The van der Waals surface area contributed by atoms with Crippen LogP contribution in [-0.4, -0.2) is 51.7 Å². The quantitative estimate of drug-likeness (QED) is 0.555. The lowest BCUT2D eigenvalue weighted by Crippen LogP contribution is -2.45. The first-order chi connectivity index (χ1) is 16.4. The van der Waals surface area contributed by atoms with Crippen LogP contribution in [0, 0.1) is 12.1 Å². The van der Waals surface area contributed by atoms with Gasteiger partial charge in [0.1, 0.15) is 11.4 Å². The molecule has 7 nitrogen and oxygen atoms in total. The van der Waals surface area contributed by atoms with Crippen molar-refractivity contribution in [2.75, 3.05) is 26.2 Å². The maximum Gasteiger partial charge on any atom is 0.177 e. The van der Waals surface area contributed by atoms with Crippen LogP contribution < -0.4 is 5.32 Å². The molecule has 0 aromatic carbocycles. The molecule has 5 heterocycles. The number of piperidine rings is 1. The van der Waals surface area contributed by atoms with Crippen molar-refractivity contribution in [1.82, 2.24) is 25.0 Å². The fraction of sp³-hybridized carbons (Fsp3) is 0.480. The van der Waals surface area contributed by atoms with Gasteiger partial charge in [-0.25, -0.2) is 9.67 Å². The van der Waals surface area contributed by atoms with E-state index < -0.39 is 0 Å². The third-order valence-electron chi connectivity index (χ3n) is 6.77. The lowest BCUT2D eigenvalue weighted by molar-refractivity contribution is -0.116. The molecule has 3 aromatic rings. The zero-order chi connectivity index (χ0) is 23.7. The molecule has 34 heavy (non-hydrogen) atoms. The number of aromatic nitrogens is 3. The van der Waals surface area contributed by atoms with Crippen LogP contribution in [0.3, 0.4) is 0 Å². The Balaban J connectivity index is 1.27. The van der Waals surface area contributed by atoms with E-state index in [0.717, 1.165) is 72.0 Å². The van der Waals surface area contributed by atoms with Gasteiger partial charge in [-0.05, 0) is 50.8 Å². The number of Topliss-reactive ketones (excluding diaryl/α,β-unsaturated/α-hetero) is 1. The third kappa shape index (κ3) is 4.70. The van der Waals surface area contributed by atoms with E-state index in [-0.39, 0.29) is 16.5 Å². The second kappa shape index (κ2) is 9.65. The number of likely N-dealkylation sites (tertiary alicyclic amines) is 1. The average Bonchev–Trinajstić information content (AvgIpc) is 3.38. The van der Waals surface area contributed by atoms with Crippen molar-refractivity contribution >= 4 is 17.1 Å². The zero-order valence-electron chi connectivity index (χ0n) is 19.6. The van der Waals surface area contributed by atoms with Gasteiger partial charge in [0.15, 0.2) is 10.9 Å². The predicted octanol–water partition coefficient (Wildman–Crippen LogP) is 3.52. The molecule has 2 aliphatic heterocycles. The minimum Gasteiger partial charge on any atom is -0.369 e. The molecule has 1 fully saturated rings. The first kappa shape index (κ1) is 23.3. The summed E-state index contributed by atoms with van der Waals surface area (Å²) in [5.41, 5.74) is 3.94. The summed E-state index contributed by atoms with van der Waals surface area (Å²) >= 11 is 1.26. The molecule has 5 rings (SSSR count). The first-order valence-corrected chi connectivity index (χ1v) is 12.6. The normalized spacial score (nSPS) is 17.7. The number of nitrogens with zero attached hydrogens (tertiary/aromatic N) is 4. The maximum atomic E-state index is 13.9. The lowest BCUT2D eigenvalue weighted by atomic mass is 9.85. The van der Waals surface area contributed by atoms with Crippen LogP contribution in [0.1, 0.15) is 47.0 Å². The Kier molecular flexibility index (Phi) is 6.61. The molecule has 9 heteroatoms. The molecule has 0 radical (unpaired) electrons. The number of thiophene rings is 1. The highest BCUT2D eigenvalue weighted by Crippen LogP contribution is 2.45. The number of hydrogen-bond donors (Lipinski definition) is 1. The molecule has 180 valence electrons. The van der Waals surface area contributed by atoms with E-state index in [4.69, 9.17) is 9.84 Å². The minimum atomic E-state index is -0.325. The summed E-state index contributed by atoms with van der Waals surface area (Å²) in [6, 6.07) is 5.59. The summed E-state index contributed by atoms with van der Waals surface area (Å²) in [4.78, 5) is 19.3. The molecule has 0 atom stereocenters. The van der Waals surface area contributed by atoms with Crippen LogP contribution in [0.4, 0.5) is 4.39 Å². The SMILES string of the molecule is CC(=O)CNCc1cccnc1-n1cc(CN2CCC3(CC2)OCCc2cc(F)sc23)c(C)n1. The van der Waals surface area contributed by atoms with Gasteiger partial charge in [0.2, 0.25) is 0 Å². The van der Waals surface area contributed by atoms with E-state index in [1.54, 1.807) is 19.2 Å². The maximum absolute atomic E-state index is 13.9. The van der Waals surface area contributed by atoms with Crippen molar-refractivity contribution in [3.8, 4) is 5.82 Å². The fourth-order valence-corrected chi connectivity index (χ4v) is 6.12. The molecule has 0 unspecified atom stereocenters. The summed E-state index contributed by atoms with van der Waals surface area (Å²) in [5, 5.41) is 7.79. The zero-order valence-corrected chi connectivity index (χ0v) is 20.5. The Morgan fingerprint density at radius 2 is 2.15 bits per heavy atom. The van der Waals surface area contributed by atoms with Crippen LogP contribution in [0.25, 0.3) is 5.82 Å². The van der Waals surface area contributed by atoms with Gasteiger partial charge in [0, 0.05) is 54.6 Å². The molecular weight excluding hydrogens is 453 g/mol. The van der Waals surface area contributed by atoms with Crippen LogP contribution in [0.2, 0.25) is 0 Å². The fourth-order valence-electron chi connectivity index (χ4n) is 4.98. The number of rotatable bonds is 7. The van der Waals surface area contributed by atoms with Crippen molar-refractivity contribution < 1.29 is 13.9 Å². The van der Waals surface area contributed by atoms with Gasteiger partial charge >= 0.3 is 0 Å². The van der Waals surface area contributed by atoms with Crippen molar-refractivity contribution in [3.05, 3.63) is 63.0 Å². The smallest absolute Gasteiger partial charge is 0.177 e. The number of fused-ring (bicyclic) bond motifs is 2. The topological polar surface area (TPSA) is 72.3 Å². The molecule has 0 aliphatic carbocycles. The number of ketones is 1. The van der Waals surface area contributed by atoms with E-state index >= 15 is 0 Å². The van der Waals surface area contributed by atoms with E-state index in [0.29, 0.717) is 19.7 Å². The monoisotopic (exact) mass is 483 g/mol. The molecule has 0 amide bonds. The van der Waals surface area contributed by atoms with Gasteiger partial charge < -0.3 is 10.1 Å². The van der Waals surface area contributed by atoms with E-state index in [2.05, 4.69) is 21.4 Å². The highest BCUT2D eigenvalue weighted by atomic mass is 32.1. The molecule has 1 N–H and O–H groups in total. The Hall–Kier alpha value is -2.46. The van der Waals surface area contributed by atoms with Crippen LogP contribution >= 0.6 is 11.3 Å². The van der Waals surface area contributed by atoms with Gasteiger partial charge in [0.05, 0.1) is 18.8 Å². The van der Waals surface area contributed by atoms with Gasteiger partial charge in [-0.2, -0.15) is 9.49 Å². The van der Waals surface area contributed by atoms with E-state index in [1.807, 2.05) is 23.7 Å². The molecule has 3 aromatic heterocycles. The number of ether oxygens (including phenoxy) is 1. The van der Waals surface area contributed by atoms with Gasteiger partial charge in [-0.15, -0.1) is 11.3 Å². The van der Waals surface area contributed by atoms with Crippen molar-refractivity contribution in [2.24, 2.45) is 0 Å². The highest BCUT2D eigenvalue weighted by molar-refractivity contribution is 7.10. The second-order valence-electron chi connectivity index (χ2n) is 9.25. The standard InChI is InChI=1S/C25H30FN5O2S/c1-17(32)13-27-14-20-4-3-8-28-24(20)31-16-21(18(2)29-31)15-30-9-6-25(7-10-30)23-19(5-11-33-25)12-22(26)34-23/h3-4,8,12,16,27H,5-7,9-11,13-15H2,1-2H3. The Morgan fingerprint density at radius 1 is 1.32 bits per heavy atom.